The number of nitrogens with zero attached hydrogens (tertiary/aromatic N) is 1. The minimum atomic E-state index is -0.157. The van der Waals surface area contributed by atoms with Crippen LogP contribution in [0.5, 0.6) is 0 Å². The van der Waals surface area contributed by atoms with E-state index in [1.807, 2.05) is 0 Å². The number of aryl methyl sites for hydroxylation is 1. The molecule has 2 aliphatic rings. The molecule has 2 aliphatic heterocycles. The van der Waals surface area contributed by atoms with Gasteiger partial charge in [0.25, 0.3) is 0 Å². The number of benzene rings is 1. The summed E-state index contributed by atoms with van der Waals surface area (Å²) in [5.41, 5.74) is 3.62. The predicted octanol–water partition coefficient (Wildman–Crippen LogP) is 3.33. The Bertz CT molecular complexity index is 673. The number of rotatable bonds is 9. The minimum absolute atomic E-state index is 0.146. The summed E-state index contributed by atoms with van der Waals surface area (Å²) in [6.07, 6.45) is 5.41. The SMILES string of the molecule is CCN(CC)CCCC(NC(=O)C1Cc2cccc(C)c2N1)C1NCCCC1C. The van der Waals surface area contributed by atoms with Gasteiger partial charge in [0.05, 0.1) is 0 Å². The number of amides is 1. The quantitative estimate of drug-likeness (QED) is 0.595. The molecule has 0 saturated carbocycles. The summed E-state index contributed by atoms with van der Waals surface area (Å²) in [6.45, 7) is 13.2. The largest absolute Gasteiger partial charge is 0.373 e. The average Bonchev–Trinajstić information content (AvgIpc) is 3.17. The van der Waals surface area contributed by atoms with Crippen molar-refractivity contribution in [2.75, 3.05) is 31.5 Å². The number of hydrogen-bond acceptors (Lipinski definition) is 4. The van der Waals surface area contributed by atoms with Crippen molar-refractivity contribution in [2.24, 2.45) is 5.92 Å². The molecule has 1 saturated heterocycles. The molecule has 3 rings (SSSR count). The van der Waals surface area contributed by atoms with Crippen LogP contribution in [0.25, 0.3) is 0 Å². The predicted molar refractivity (Wildman–Crippen MR) is 121 cm³/mol. The summed E-state index contributed by atoms with van der Waals surface area (Å²) in [5, 5.41) is 10.6. The second-order valence-electron chi connectivity index (χ2n) is 8.89. The van der Waals surface area contributed by atoms with Crippen molar-refractivity contribution in [3.05, 3.63) is 29.3 Å². The van der Waals surface area contributed by atoms with Crippen LogP contribution in [0.3, 0.4) is 0 Å². The molecule has 0 spiro atoms. The fraction of sp³-hybridized carbons (Fsp3) is 0.708. The molecule has 5 heteroatoms. The van der Waals surface area contributed by atoms with Gasteiger partial charge in [0.15, 0.2) is 0 Å². The lowest BCUT2D eigenvalue weighted by Gasteiger charge is -2.37. The molecular weight excluding hydrogens is 360 g/mol. The number of carbonyl (C=O) groups excluding carboxylic acids is 1. The highest BCUT2D eigenvalue weighted by Gasteiger charge is 2.33. The van der Waals surface area contributed by atoms with Crippen molar-refractivity contribution in [1.29, 1.82) is 0 Å². The Kier molecular flexibility index (Phi) is 7.96. The summed E-state index contributed by atoms with van der Waals surface area (Å²) in [7, 11) is 0. The Balaban J connectivity index is 1.62. The molecular formula is C24H40N4O. The second kappa shape index (κ2) is 10.4. The van der Waals surface area contributed by atoms with Crippen LogP contribution in [-0.4, -0.2) is 55.1 Å². The van der Waals surface area contributed by atoms with E-state index in [1.54, 1.807) is 0 Å². The van der Waals surface area contributed by atoms with Gasteiger partial charge in [-0.25, -0.2) is 0 Å². The van der Waals surface area contributed by atoms with Gasteiger partial charge in [-0.3, -0.25) is 4.79 Å². The average molecular weight is 401 g/mol. The first-order valence-corrected chi connectivity index (χ1v) is 11.6. The fourth-order valence-electron chi connectivity index (χ4n) is 5.02. The number of nitrogens with one attached hydrogen (secondary N) is 3. The van der Waals surface area contributed by atoms with E-state index in [2.05, 4.69) is 66.7 Å². The zero-order valence-electron chi connectivity index (χ0n) is 18.8. The minimum Gasteiger partial charge on any atom is -0.373 e. The summed E-state index contributed by atoms with van der Waals surface area (Å²) in [4.78, 5) is 15.6. The van der Waals surface area contributed by atoms with Crippen molar-refractivity contribution in [3.63, 3.8) is 0 Å². The highest BCUT2D eigenvalue weighted by Crippen LogP contribution is 2.29. The van der Waals surface area contributed by atoms with Crippen LogP contribution in [0, 0.1) is 12.8 Å². The van der Waals surface area contributed by atoms with E-state index in [0.717, 1.165) is 51.1 Å². The molecule has 0 bridgehead atoms. The molecule has 1 fully saturated rings. The lowest BCUT2D eigenvalue weighted by atomic mass is 9.85. The van der Waals surface area contributed by atoms with Crippen LogP contribution < -0.4 is 16.0 Å². The molecule has 1 aromatic rings. The third-order valence-electron chi connectivity index (χ3n) is 6.89. The molecule has 4 atom stereocenters. The zero-order valence-corrected chi connectivity index (χ0v) is 18.8. The number of hydrogen-bond donors (Lipinski definition) is 3. The van der Waals surface area contributed by atoms with Gasteiger partial charge in [0.1, 0.15) is 6.04 Å². The van der Waals surface area contributed by atoms with E-state index in [1.165, 1.54) is 24.0 Å². The third-order valence-corrected chi connectivity index (χ3v) is 6.89. The molecule has 162 valence electrons. The zero-order chi connectivity index (χ0) is 20.8. The summed E-state index contributed by atoms with van der Waals surface area (Å²) in [5.74, 6) is 0.742. The third kappa shape index (κ3) is 5.52. The van der Waals surface area contributed by atoms with E-state index in [4.69, 9.17) is 0 Å². The smallest absolute Gasteiger partial charge is 0.243 e. The molecule has 1 amide bonds. The van der Waals surface area contributed by atoms with Crippen molar-refractivity contribution in [2.45, 2.75) is 77.9 Å². The van der Waals surface area contributed by atoms with E-state index in [0.29, 0.717) is 12.0 Å². The van der Waals surface area contributed by atoms with Crippen molar-refractivity contribution < 1.29 is 4.79 Å². The van der Waals surface area contributed by atoms with E-state index in [9.17, 15) is 4.79 Å². The molecule has 4 unspecified atom stereocenters. The van der Waals surface area contributed by atoms with Gasteiger partial charge in [-0.2, -0.15) is 0 Å². The fourth-order valence-corrected chi connectivity index (χ4v) is 5.02. The molecule has 5 nitrogen and oxygen atoms in total. The number of fused-ring (bicyclic) bond motifs is 1. The number of anilines is 1. The maximum Gasteiger partial charge on any atom is 0.243 e. The van der Waals surface area contributed by atoms with E-state index in [-0.39, 0.29) is 18.0 Å². The number of carbonyl (C=O) groups is 1. The molecule has 2 heterocycles. The highest BCUT2D eigenvalue weighted by atomic mass is 16.2. The van der Waals surface area contributed by atoms with Crippen LogP contribution in [0.4, 0.5) is 5.69 Å². The Hall–Kier alpha value is -1.59. The monoisotopic (exact) mass is 400 g/mol. The standard InChI is InChI=1S/C24H40N4O/c1-5-28(6-2)15-9-13-20(23-18(4)11-8-14-25-23)27-24(29)21-16-19-12-7-10-17(3)22(19)26-21/h7,10,12,18,20-21,23,25-26H,5-6,8-9,11,13-16H2,1-4H3,(H,27,29). The Morgan fingerprint density at radius 3 is 2.79 bits per heavy atom. The lowest BCUT2D eigenvalue weighted by molar-refractivity contribution is -0.122. The molecule has 1 aromatic carbocycles. The molecule has 0 aliphatic carbocycles. The summed E-state index contributed by atoms with van der Waals surface area (Å²) >= 11 is 0. The topological polar surface area (TPSA) is 56.4 Å². The van der Waals surface area contributed by atoms with Crippen LogP contribution in [-0.2, 0) is 11.2 Å². The molecule has 29 heavy (non-hydrogen) atoms. The molecule has 3 N–H and O–H groups in total. The normalized spacial score (nSPS) is 24.8. The van der Waals surface area contributed by atoms with Crippen LogP contribution >= 0.6 is 0 Å². The van der Waals surface area contributed by atoms with Gasteiger partial charge in [-0.1, -0.05) is 39.0 Å². The van der Waals surface area contributed by atoms with Crippen LogP contribution in [0.15, 0.2) is 18.2 Å². The van der Waals surface area contributed by atoms with Crippen molar-refractivity contribution >= 4 is 11.6 Å². The summed E-state index contributed by atoms with van der Waals surface area (Å²) in [6, 6.07) is 6.73. The van der Waals surface area contributed by atoms with Gasteiger partial charge in [0, 0.05) is 24.2 Å². The van der Waals surface area contributed by atoms with Gasteiger partial charge in [-0.15, -0.1) is 0 Å². The van der Waals surface area contributed by atoms with Crippen molar-refractivity contribution in [3.8, 4) is 0 Å². The van der Waals surface area contributed by atoms with Gasteiger partial charge < -0.3 is 20.9 Å². The first-order chi connectivity index (χ1) is 14.0. The summed E-state index contributed by atoms with van der Waals surface area (Å²) < 4.78 is 0. The molecule has 0 aromatic heterocycles. The van der Waals surface area contributed by atoms with E-state index < -0.39 is 0 Å². The second-order valence-corrected chi connectivity index (χ2v) is 8.89. The lowest BCUT2D eigenvalue weighted by Crippen LogP contribution is -2.57. The van der Waals surface area contributed by atoms with E-state index >= 15 is 0 Å². The molecule has 0 radical (unpaired) electrons. The van der Waals surface area contributed by atoms with Crippen LogP contribution in [0.1, 0.15) is 57.6 Å². The Morgan fingerprint density at radius 1 is 1.31 bits per heavy atom. The van der Waals surface area contributed by atoms with Gasteiger partial charge >= 0.3 is 0 Å². The first kappa shape index (κ1) is 22.1. The Labute approximate surface area is 177 Å². The maximum absolute atomic E-state index is 13.2. The van der Waals surface area contributed by atoms with Gasteiger partial charge in [0.2, 0.25) is 5.91 Å². The van der Waals surface area contributed by atoms with Crippen molar-refractivity contribution in [1.82, 2.24) is 15.5 Å². The number of para-hydroxylation sites is 1. The van der Waals surface area contributed by atoms with Crippen LogP contribution in [0.2, 0.25) is 0 Å². The maximum atomic E-state index is 13.2. The Morgan fingerprint density at radius 2 is 2.10 bits per heavy atom. The first-order valence-electron chi connectivity index (χ1n) is 11.6. The number of piperidine rings is 1. The van der Waals surface area contributed by atoms with Gasteiger partial charge in [-0.05, 0) is 75.8 Å². The highest BCUT2D eigenvalue weighted by molar-refractivity contribution is 5.88.